The number of hydrogen-bond acceptors (Lipinski definition) is 4. The van der Waals surface area contributed by atoms with E-state index in [1.165, 1.54) is 3.96 Å². The van der Waals surface area contributed by atoms with Crippen LogP contribution in [0.5, 0.6) is 5.75 Å². The zero-order valence-corrected chi connectivity index (χ0v) is 15.0. The molecule has 0 aliphatic rings. The molecule has 2 unspecified atom stereocenters. The average molecular weight is 383 g/mol. The molecule has 0 aliphatic carbocycles. The first-order chi connectivity index (χ1) is 10.4. The van der Waals surface area contributed by atoms with Gasteiger partial charge in [-0.2, -0.15) is 0 Å². The van der Waals surface area contributed by atoms with Crippen LogP contribution in [0.3, 0.4) is 0 Å². The van der Waals surface area contributed by atoms with Crippen molar-refractivity contribution in [3.63, 3.8) is 0 Å². The lowest BCUT2D eigenvalue weighted by Gasteiger charge is -2.22. The topological polar surface area (TPSA) is 40.5 Å². The van der Waals surface area contributed by atoms with Gasteiger partial charge in [0.15, 0.2) is 12.5 Å². The fraction of sp³-hybridized carbons (Fsp3) is 0.357. The summed E-state index contributed by atoms with van der Waals surface area (Å²) >= 11 is 18.8. The number of para-hydroxylation sites is 1. The molecule has 22 heavy (non-hydrogen) atoms. The predicted octanol–water partition coefficient (Wildman–Crippen LogP) is 5.22. The van der Waals surface area contributed by atoms with E-state index in [1.54, 1.807) is 19.1 Å². The van der Waals surface area contributed by atoms with Gasteiger partial charge in [-0.1, -0.05) is 53.9 Å². The Morgan fingerprint density at radius 2 is 1.95 bits per heavy atom. The molecule has 2 rings (SSSR count). The van der Waals surface area contributed by atoms with Crippen LogP contribution in [0.2, 0.25) is 14.4 Å². The third-order valence-corrected chi connectivity index (χ3v) is 5.06. The van der Waals surface area contributed by atoms with Gasteiger partial charge in [0.25, 0.3) is 5.56 Å². The highest BCUT2D eigenvalue weighted by molar-refractivity contribution is 7.11. The second kappa shape index (κ2) is 7.70. The van der Waals surface area contributed by atoms with Crippen LogP contribution in [0.4, 0.5) is 0 Å². The maximum Gasteiger partial charge on any atom is 0.283 e. The fourth-order valence-electron chi connectivity index (χ4n) is 1.82. The molecule has 0 bridgehead atoms. The minimum atomic E-state index is -0.601. The normalized spacial score (nSPS) is 13.9. The summed E-state index contributed by atoms with van der Waals surface area (Å²) in [6.45, 7) is 3.62. The highest BCUT2D eigenvalue weighted by atomic mass is 35.5. The summed E-state index contributed by atoms with van der Waals surface area (Å²) in [6.07, 6.45) is -0.556. The molecule has 0 spiro atoms. The number of rotatable bonds is 6. The van der Waals surface area contributed by atoms with E-state index in [4.69, 9.17) is 44.3 Å². The van der Waals surface area contributed by atoms with Gasteiger partial charge in [-0.25, -0.2) is 3.96 Å². The van der Waals surface area contributed by atoms with Crippen LogP contribution in [0.1, 0.15) is 26.5 Å². The summed E-state index contributed by atoms with van der Waals surface area (Å²) in [5.41, 5.74) is -0.367. The van der Waals surface area contributed by atoms with Gasteiger partial charge in [-0.05, 0) is 37.0 Å². The molecule has 0 N–H and O–H groups in total. The first-order valence-corrected chi connectivity index (χ1v) is 8.48. The maximum atomic E-state index is 12.0. The highest BCUT2D eigenvalue weighted by Crippen LogP contribution is 2.29. The number of hydrogen-bond donors (Lipinski definition) is 0. The molecule has 0 amide bonds. The Hall–Kier alpha value is -0.720. The quantitative estimate of drug-likeness (QED) is 0.643. The first-order valence-electron chi connectivity index (χ1n) is 6.57. The maximum absolute atomic E-state index is 12.0. The molecule has 4 nitrogen and oxygen atoms in total. The standard InChI is InChI=1S/C14H14Cl3NO3S/c1-3-11(18-14(19)12(16)13(17)22-18)21-8(2)20-10-7-5-4-6-9(10)15/h4-8,11H,3H2,1-2H3. The third-order valence-electron chi connectivity index (χ3n) is 2.83. The van der Waals surface area contributed by atoms with Crippen molar-refractivity contribution in [2.45, 2.75) is 32.8 Å². The van der Waals surface area contributed by atoms with Gasteiger partial charge in [0.1, 0.15) is 15.1 Å². The number of halogens is 3. The molecule has 1 heterocycles. The largest absolute Gasteiger partial charge is 0.464 e. The van der Waals surface area contributed by atoms with Gasteiger partial charge in [0, 0.05) is 0 Å². The average Bonchev–Trinajstić information content (AvgIpc) is 2.75. The number of aromatic nitrogens is 1. The van der Waals surface area contributed by atoms with Gasteiger partial charge in [0.2, 0.25) is 0 Å². The van der Waals surface area contributed by atoms with E-state index in [0.717, 1.165) is 11.5 Å². The molecule has 1 aromatic carbocycles. The first kappa shape index (κ1) is 17.6. The van der Waals surface area contributed by atoms with Crippen LogP contribution in [-0.4, -0.2) is 10.2 Å². The van der Waals surface area contributed by atoms with Gasteiger partial charge in [0.05, 0.1) is 5.02 Å². The van der Waals surface area contributed by atoms with Gasteiger partial charge in [-0.3, -0.25) is 4.79 Å². The zero-order chi connectivity index (χ0) is 16.3. The van der Waals surface area contributed by atoms with E-state index in [9.17, 15) is 4.79 Å². The Morgan fingerprint density at radius 1 is 1.27 bits per heavy atom. The summed E-state index contributed by atoms with van der Waals surface area (Å²) in [4.78, 5) is 12.0. The van der Waals surface area contributed by atoms with Crippen molar-refractivity contribution < 1.29 is 9.47 Å². The van der Waals surface area contributed by atoms with Crippen LogP contribution in [0.25, 0.3) is 0 Å². The van der Waals surface area contributed by atoms with Crippen molar-refractivity contribution in [3.8, 4) is 5.75 Å². The lowest BCUT2D eigenvalue weighted by Crippen LogP contribution is -2.27. The highest BCUT2D eigenvalue weighted by Gasteiger charge is 2.21. The summed E-state index contributed by atoms with van der Waals surface area (Å²) < 4.78 is 13.1. The molecule has 120 valence electrons. The van der Waals surface area contributed by atoms with Crippen LogP contribution in [0.15, 0.2) is 29.1 Å². The number of benzene rings is 1. The summed E-state index contributed by atoms with van der Waals surface area (Å²) in [7, 11) is 0. The molecule has 8 heteroatoms. The van der Waals surface area contributed by atoms with Crippen LogP contribution >= 0.6 is 46.3 Å². The van der Waals surface area contributed by atoms with Crippen molar-refractivity contribution in [2.24, 2.45) is 0 Å². The molecular formula is C14H14Cl3NO3S. The van der Waals surface area contributed by atoms with Crippen molar-refractivity contribution in [3.05, 3.63) is 49.0 Å². The van der Waals surface area contributed by atoms with Crippen molar-refractivity contribution in [1.29, 1.82) is 0 Å². The SMILES string of the molecule is CCC(OC(C)Oc1ccccc1Cl)n1sc(Cl)c(Cl)c1=O. The molecule has 0 fully saturated rings. The lowest BCUT2D eigenvalue weighted by atomic mass is 10.3. The smallest absolute Gasteiger partial charge is 0.283 e. The fourth-order valence-corrected chi connectivity index (χ4v) is 3.38. The summed E-state index contributed by atoms with van der Waals surface area (Å²) in [5, 5.41) is 0.499. The van der Waals surface area contributed by atoms with E-state index >= 15 is 0 Å². The minimum absolute atomic E-state index is 0.00777. The molecule has 0 saturated heterocycles. The predicted molar refractivity (Wildman–Crippen MR) is 90.6 cm³/mol. The monoisotopic (exact) mass is 381 g/mol. The van der Waals surface area contributed by atoms with Crippen molar-refractivity contribution >= 4 is 46.3 Å². The van der Waals surface area contributed by atoms with E-state index < -0.39 is 12.5 Å². The van der Waals surface area contributed by atoms with Crippen molar-refractivity contribution in [2.75, 3.05) is 0 Å². The van der Waals surface area contributed by atoms with Crippen LogP contribution in [0, 0.1) is 0 Å². The van der Waals surface area contributed by atoms with Crippen molar-refractivity contribution in [1.82, 2.24) is 3.96 Å². The van der Waals surface area contributed by atoms with Gasteiger partial charge >= 0.3 is 0 Å². The molecule has 0 aliphatic heterocycles. The van der Waals surface area contributed by atoms with E-state index in [-0.39, 0.29) is 14.9 Å². The van der Waals surface area contributed by atoms with E-state index in [2.05, 4.69) is 0 Å². The molecule has 2 aromatic rings. The Bertz CT molecular complexity index is 701. The Labute approximate surface area is 147 Å². The number of ether oxygens (including phenoxy) is 2. The molecule has 2 atom stereocenters. The second-order valence-corrected chi connectivity index (χ2v) is 6.80. The molecular weight excluding hydrogens is 369 g/mol. The minimum Gasteiger partial charge on any atom is -0.464 e. The molecule has 0 radical (unpaired) electrons. The Morgan fingerprint density at radius 3 is 2.50 bits per heavy atom. The van der Waals surface area contributed by atoms with Gasteiger partial charge < -0.3 is 9.47 Å². The van der Waals surface area contributed by atoms with E-state index in [0.29, 0.717) is 17.2 Å². The molecule has 1 aromatic heterocycles. The summed E-state index contributed by atoms with van der Waals surface area (Å²) in [6, 6.07) is 7.09. The third kappa shape index (κ3) is 3.97. The summed E-state index contributed by atoms with van der Waals surface area (Å²) in [5.74, 6) is 0.515. The van der Waals surface area contributed by atoms with Crippen LogP contribution < -0.4 is 10.3 Å². The number of nitrogens with zero attached hydrogens (tertiary/aromatic N) is 1. The van der Waals surface area contributed by atoms with E-state index in [1.807, 2.05) is 19.1 Å². The Kier molecular flexibility index (Phi) is 6.17. The van der Waals surface area contributed by atoms with Gasteiger partial charge in [-0.15, -0.1) is 0 Å². The van der Waals surface area contributed by atoms with Crippen LogP contribution in [-0.2, 0) is 4.74 Å². The zero-order valence-electron chi connectivity index (χ0n) is 11.9. The second-order valence-electron chi connectivity index (χ2n) is 4.42. The Balaban J connectivity index is 2.11. The lowest BCUT2D eigenvalue weighted by molar-refractivity contribution is -0.133. The molecule has 0 saturated carbocycles.